The summed E-state index contributed by atoms with van der Waals surface area (Å²) in [6, 6.07) is 0. The molecule has 0 rings (SSSR count). The molecule has 0 saturated carbocycles. The standard InChI is InChI=1S/Mo.2Na.16O.H3P.4W/h;;;;;;;;;;;;;;;;;;;1H3;;;;/q+6;2*+1;;;;;;;;;8*-1;;;;;. The minimum atomic E-state index is -6.17. The Morgan fingerprint density at radius 3 is 0.375 bits per heavy atom. The molecule has 0 radical (unpaired) electrons. The topological polar surface area (TPSA) is 321 Å². The van der Waals surface area contributed by atoms with E-state index in [4.69, 9.17) is 57.3 Å². The minimum absolute atomic E-state index is 0. The van der Waals surface area contributed by atoms with Gasteiger partial charge in [-0.25, -0.2) is 0 Å². The number of hydrogen-bond acceptors (Lipinski definition) is 16. The Morgan fingerprint density at radius 2 is 0.375 bits per heavy atom. The van der Waals surface area contributed by atoms with Crippen LogP contribution in [0.2, 0.25) is 0 Å². The summed E-state index contributed by atoms with van der Waals surface area (Å²) in [6.07, 6.45) is 0. The third kappa shape index (κ3) is 1030. The van der Waals surface area contributed by atoms with Gasteiger partial charge in [-0.05, 0) is 0 Å². The van der Waals surface area contributed by atoms with Crippen LogP contribution in [0.3, 0.4) is 0 Å². The van der Waals surface area contributed by atoms with E-state index in [9.17, 15) is 0 Å². The second-order valence-electron chi connectivity index (χ2n) is 1.63. The quantitative estimate of drug-likeness (QED) is 0.161. The molecule has 0 aromatic carbocycles. The molecule has 24 heavy (non-hydrogen) atoms. The molecule has 0 aromatic heterocycles. The summed E-state index contributed by atoms with van der Waals surface area (Å²) in [7, 11) is 0. The Balaban J connectivity index is -0.0000000225. The summed E-state index contributed by atoms with van der Waals surface area (Å²) in [5, 5.41) is 0. The van der Waals surface area contributed by atoms with Crippen LogP contribution in [0.25, 0.3) is 0 Å². The number of rotatable bonds is 0. The molecule has 0 N–H and O–H groups in total. The summed E-state index contributed by atoms with van der Waals surface area (Å²) >= 11 is -24.7. The van der Waals surface area contributed by atoms with Gasteiger partial charge >= 0.3 is 204 Å². The van der Waals surface area contributed by atoms with Crippen LogP contribution in [0.4, 0.5) is 0 Å². The van der Waals surface area contributed by atoms with Crippen LogP contribution in [-0.4, -0.2) is 0 Å². The van der Waals surface area contributed by atoms with Crippen LogP contribution in [0.5, 0.6) is 0 Å². The zero-order valence-corrected chi connectivity index (χ0v) is 30.4. The van der Waals surface area contributed by atoms with Gasteiger partial charge < -0.3 is 0 Å². The Morgan fingerprint density at radius 1 is 0.375 bits per heavy atom. The molecule has 1 unspecified atom stereocenters. The molecule has 0 amide bonds. The zero-order valence-electron chi connectivity index (χ0n) is 11.3. The van der Waals surface area contributed by atoms with Gasteiger partial charge in [0.2, 0.25) is 0 Å². The first-order valence-electron chi connectivity index (χ1n) is 2.67. The first-order chi connectivity index (χ1) is 8.00. The molecule has 0 aliphatic heterocycles. The fraction of sp³-hybridized carbons (Fsp3) is 0. The molecule has 0 aliphatic rings. The fourth-order valence-corrected chi connectivity index (χ4v) is 0. The normalized spacial score (nSPS) is 9.67. The van der Waals surface area contributed by atoms with Crippen molar-refractivity contribution in [1.82, 2.24) is 0 Å². The van der Waals surface area contributed by atoms with Crippen molar-refractivity contribution >= 4 is 9.90 Å². The predicted octanol–water partition coefficient (Wildman–Crippen LogP) is -16.4. The maximum atomic E-state index is 8.65. The first-order valence-corrected chi connectivity index (χ1v) is 21.8. The molecule has 0 fully saturated rings. The molecule has 1 atom stereocenters. The van der Waals surface area contributed by atoms with Crippen LogP contribution in [0.1, 0.15) is 0 Å². The molecule has 0 aromatic rings. The van der Waals surface area contributed by atoms with Crippen molar-refractivity contribution < 1.29 is 204 Å². The summed E-state index contributed by atoms with van der Waals surface area (Å²) in [5.74, 6) is 0. The van der Waals surface area contributed by atoms with Crippen molar-refractivity contribution in [3.8, 4) is 0 Å². The monoisotopic (exact) mass is 1170 g/mol. The van der Waals surface area contributed by atoms with E-state index in [0.29, 0.717) is 0 Å². The van der Waals surface area contributed by atoms with E-state index < -0.39 is 67.0 Å². The van der Waals surface area contributed by atoms with Gasteiger partial charge in [0.25, 0.3) is 0 Å². The number of hydrogen-bond donors (Lipinski definition) is 0. The van der Waals surface area contributed by atoms with Crippen molar-refractivity contribution in [2.75, 3.05) is 0 Å². The van der Waals surface area contributed by atoms with Crippen molar-refractivity contribution in [3.05, 3.63) is 0 Å². The van der Waals surface area contributed by atoms with E-state index in [-0.39, 0.29) is 90.1 Å². The van der Waals surface area contributed by atoms with Gasteiger partial charge in [-0.2, -0.15) is 9.90 Å². The molecule has 136 valence electrons. The summed E-state index contributed by atoms with van der Waals surface area (Å²) in [6.45, 7) is 0. The van der Waals surface area contributed by atoms with Gasteiger partial charge in [0.1, 0.15) is 0 Å². The van der Waals surface area contributed by atoms with E-state index in [1.807, 2.05) is 0 Å². The van der Waals surface area contributed by atoms with Crippen LogP contribution in [0.15, 0.2) is 0 Å². The van der Waals surface area contributed by atoms with Crippen LogP contribution in [0, 0.1) is 0 Å². The van der Waals surface area contributed by atoms with Gasteiger partial charge in [-0.1, -0.05) is 0 Å². The SMILES string of the molecule is P.[Mo+6].[Na+].[Na+].[O]=[W](=[O])([O-])[O-].[O]=[W](=[O])([O-])[O-].[O]=[W](=[O])([O-])[O-].[O]=[W](=[O])([O-])[O-]. The Labute approximate surface area is 210 Å². The van der Waals surface area contributed by atoms with Crippen molar-refractivity contribution in [2.24, 2.45) is 0 Å². The zero-order chi connectivity index (χ0) is 18.0. The Bertz CT molecular complexity index is 489. The molecular formula is H3MoNa2O16PW4. The fourth-order valence-electron chi connectivity index (χ4n) is 0. The molecule has 0 aliphatic carbocycles. The second-order valence-corrected chi connectivity index (χ2v) is 13.4. The van der Waals surface area contributed by atoms with E-state index in [2.05, 4.69) is 0 Å². The second kappa shape index (κ2) is 23.2. The third-order valence-corrected chi connectivity index (χ3v) is 0. The predicted molar refractivity (Wildman–Crippen MR) is 16.6 cm³/mol. The van der Waals surface area contributed by atoms with Gasteiger partial charge in [0.15, 0.2) is 0 Å². The van der Waals surface area contributed by atoms with Gasteiger partial charge in [-0.3, -0.25) is 0 Å². The molecule has 16 nitrogen and oxygen atoms in total. The molecule has 0 heterocycles. The van der Waals surface area contributed by atoms with Crippen LogP contribution in [-0.2, 0) is 115 Å². The van der Waals surface area contributed by atoms with Gasteiger partial charge in [0, 0.05) is 0 Å². The van der Waals surface area contributed by atoms with Crippen molar-refractivity contribution in [2.45, 2.75) is 0 Å². The molecule has 0 spiro atoms. The van der Waals surface area contributed by atoms with E-state index in [1.165, 1.54) is 0 Å². The molecule has 0 saturated heterocycles. The average molecular weight is 1170 g/mol. The molecule has 0 bridgehead atoms. The van der Waals surface area contributed by atoms with Crippen molar-refractivity contribution in [3.63, 3.8) is 0 Å². The Kier molecular flexibility index (Phi) is 49.4. The summed E-state index contributed by atoms with van der Waals surface area (Å²) in [4.78, 5) is 0. The molecule has 24 heteroatoms. The van der Waals surface area contributed by atoms with E-state index in [0.717, 1.165) is 0 Å². The van der Waals surface area contributed by atoms with Crippen molar-refractivity contribution in [1.29, 1.82) is 0 Å². The summed E-state index contributed by atoms with van der Waals surface area (Å²) in [5.41, 5.74) is 0. The van der Waals surface area contributed by atoms with E-state index >= 15 is 0 Å². The van der Waals surface area contributed by atoms with Crippen LogP contribution >= 0.6 is 9.90 Å². The van der Waals surface area contributed by atoms with Gasteiger partial charge in [0.05, 0.1) is 0 Å². The summed E-state index contributed by atoms with van der Waals surface area (Å²) < 4.78 is 138. The average Bonchev–Trinajstić information content (AvgIpc) is 1.62. The molecular weight excluding hydrogens is 1160 g/mol. The third-order valence-electron chi connectivity index (χ3n) is 0. The van der Waals surface area contributed by atoms with E-state index in [1.54, 1.807) is 0 Å². The van der Waals surface area contributed by atoms with Crippen LogP contribution < -0.4 is 89.2 Å². The first kappa shape index (κ1) is 51.0. The Hall–Kier alpha value is 3.95. The van der Waals surface area contributed by atoms with Gasteiger partial charge in [-0.15, -0.1) is 0 Å². The maximum absolute atomic E-state index is 8.65.